The number of hydrogen-bond acceptors (Lipinski definition) is 8. The average Bonchev–Trinajstić information content (AvgIpc) is 3.23. The third-order valence-corrected chi connectivity index (χ3v) is 6.77. The van der Waals surface area contributed by atoms with Crippen LogP contribution < -0.4 is 16.4 Å². The van der Waals surface area contributed by atoms with Gasteiger partial charge in [0.2, 0.25) is 5.95 Å². The number of nitrogens with one attached hydrogen (secondary N) is 2. The van der Waals surface area contributed by atoms with E-state index in [1.807, 2.05) is 0 Å². The molecule has 9 nitrogen and oxygen atoms in total. The zero-order valence-corrected chi connectivity index (χ0v) is 20.9. The third kappa shape index (κ3) is 4.59. The van der Waals surface area contributed by atoms with Gasteiger partial charge in [0.1, 0.15) is 0 Å². The minimum Gasteiger partial charge on any atom is -0.504 e. The summed E-state index contributed by atoms with van der Waals surface area (Å²) in [6, 6.07) is 3.53. The van der Waals surface area contributed by atoms with Gasteiger partial charge < -0.3 is 31.1 Å². The van der Waals surface area contributed by atoms with Crippen molar-refractivity contribution >= 4 is 23.4 Å². The van der Waals surface area contributed by atoms with Crippen LogP contribution in [-0.2, 0) is 6.54 Å². The maximum Gasteiger partial charge on any atom is 0.205 e. The van der Waals surface area contributed by atoms with E-state index in [1.54, 1.807) is 12.1 Å². The van der Waals surface area contributed by atoms with Crippen LogP contribution in [0.1, 0.15) is 76.6 Å². The first-order chi connectivity index (χ1) is 16.2. The molecular weight excluding hydrogens is 454 g/mol. The lowest BCUT2D eigenvalue weighted by Crippen LogP contribution is -2.43. The van der Waals surface area contributed by atoms with E-state index in [4.69, 9.17) is 22.3 Å². The van der Waals surface area contributed by atoms with Crippen molar-refractivity contribution in [2.75, 3.05) is 10.6 Å². The van der Waals surface area contributed by atoms with E-state index in [1.165, 1.54) is 0 Å². The summed E-state index contributed by atoms with van der Waals surface area (Å²) in [5, 5.41) is 36.3. The van der Waals surface area contributed by atoms with Crippen LogP contribution in [0, 0.1) is 0 Å². The molecule has 0 bridgehead atoms. The Kier molecular flexibility index (Phi) is 7.04. The number of hydrogen-bond donors (Lipinski definition) is 5. The molecule has 6 N–H and O–H groups in total. The summed E-state index contributed by atoms with van der Waals surface area (Å²) in [7, 11) is 0. The van der Waals surface area contributed by atoms with Crippen LogP contribution >= 0.6 is 11.6 Å². The summed E-state index contributed by atoms with van der Waals surface area (Å²) >= 11 is 5.90. The van der Waals surface area contributed by atoms with Gasteiger partial charge >= 0.3 is 0 Å². The number of benzene rings is 1. The fourth-order valence-electron chi connectivity index (χ4n) is 4.58. The fourth-order valence-corrected chi connectivity index (χ4v) is 4.73. The predicted molar refractivity (Wildman–Crippen MR) is 135 cm³/mol. The Hall–Kier alpha value is -2.78. The minimum atomic E-state index is -0.339. The zero-order chi connectivity index (χ0) is 24.6. The van der Waals surface area contributed by atoms with Crippen LogP contribution in [-0.4, -0.2) is 42.0 Å². The van der Waals surface area contributed by atoms with Gasteiger partial charge in [-0.2, -0.15) is 10.1 Å². The summed E-state index contributed by atoms with van der Waals surface area (Å²) in [4.78, 5) is 4.92. The number of rotatable bonds is 7. The third-order valence-electron chi connectivity index (χ3n) is 6.46. The van der Waals surface area contributed by atoms with Crippen LogP contribution in [0.4, 0.5) is 11.8 Å². The van der Waals surface area contributed by atoms with Crippen LogP contribution in [0.3, 0.4) is 0 Å². The number of halogens is 1. The summed E-state index contributed by atoms with van der Waals surface area (Å²) in [6.07, 6.45) is 4.27. The minimum absolute atomic E-state index is 0.0674. The van der Waals surface area contributed by atoms with E-state index in [0.717, 1.165) is 37.1 Å². The molecule has 1 aromatic carbocycles. The van der Waals surface area contributed by atoms with E-state index in [0.29, 0.717) is 23.0 Å². The standard InChI is InChI=1S/C24H34ClN7O2/c1-12(2)18-20-19(31-30-18)23(27-11-14-9-10-15(25)22(34)21(14)33)29-24(32(20)13(3)4)28-17-8-6-5-7-16(17)26/h9-10,12-13,16-17,27,33-34H,5-8,11,26H2,1-4H3,(H,28,29). The maximum absolute atomic E-state index is 10.3. The molecule has 0 spiro atoms. The van der Waals surface area contributed by atoms with Crippen LogP contribution in [0.2, 0.25) is 5.02 Å². The van der Waals surface area contributed by atoms with Gasteiger partial charge in [-0.15, -0.1) is 5.10 Å². The quantitative estimate of drug-likeness (QED) is 0.299. The number of aromatic nitrogens is 4. The summed E-state index contributed by atoms with van der Waals surface area (Å²) in [6.45, 7) is 8.65. The molecule has 2 heterocycles. The summed E-state index contributed by atoms with van der Waals surface area (Å²) in [5.41, 5.74) is 9.42. The van der Waals surface area contributed by atoms with E-state index >= 15 is 0 Å². The highest BCUT2D eigenvalue weighted by atomic mass is 35.5. The van der Waals surface area contributed by atoms with Gasteiger partial charge in [-0.25, -0.2) is 0 Å². The molecule has 3 aliphatic rings. The van der Waals surface area contributed by atoms with Crippen molar-refractivity contribution in [2.45, 2.75) is 84.0 Å². The van der Waals surface area contributed by atoms with Crippen molar-refractivity contribution < 1.29 is 10.2 Å². The predicted octanol–water partition coefficient (Wildman–Crippen LogP) is 4.84. The van der Waals surface area contributed by atoms with E-state index < -0.39 is 0 Å². The van der Waals surface area contributed by atoms with Crippen molar-refractivity contribution in [1.82, 2.24) is 19.7 Å². The van der Waals surface area contributed by atoms with Crippen molar-refractivity contribution in [3.63, 3.8) is 0 Å². The van der Waals surface area contributed by atoms with Crippen molar-refractivity contribution in [3.8, 4) is 22.9 Å². The highest BCUT2D eigenvalue weighted by Gasteiger charge is 2.30. The van der Waals surface area contributed by atoms with Gasteiger partial charge in [-0.3, -0.25) is 0 Å². The second-order valence-corrected chi connectivity index (χ2v) is 10.0. The molecule has 1 saturated carbocycles. The fraction of sp³-hybridized carbons (Fsp3) is 0.542. The van der Waals surface area contributed by atoms with Gasteiger partial charge in [-0.1, -0.05) is 44.4 Å². The molecule has 0 amide bonds. The Morgan fingerprint density at radius 3 is 2.53 bits per heavy atom. The lowest BCUT2D eigenvalue weighted by atomic mass is 9.91. The number of nitrogens with two attached hydrogens (primary N) is 1. The van der Waals surface area contributed by atoms with Crippen molar-refractivity contribution in [2.24, 2.45) is 5.73 Å². The first-order valence-electron chi connectivity index (χ1n) is 11.9. The topological polar surface area (TPSA) is 134 Å². The Labute approximate surface area is 205 Å². The highest BCUT2D eigenvalue weighted by Crippen LogP contribution is 2.39. The van der Waals surface area contributed by atoms with Crippen LogP contribution in [0.25, 0.3) is 11.4 Å². The summed E-state index contributed by atoms with van der Waals surface area (Å²) < 4.78 is 2.16. The first kappa shape index (κ1) is 24.3. The largest absolute Gasteiger partial charge is 0.504 e. The number of nitrogens with zero attached hydrogens (tertiary/aromatic N) is 4. The van der Waals surface area contributed by atoms with Gasteiger partial charge in [-0.05, 0) is 38.7 Å². The molecule has 2 aliphatic heterocycles. The Balaban J connectivity index is 1.77. The highest BCUT2D eigenvalue weighted by molar-refractivity contribution is 6.32. The molecule has 184 valence electrons. The molecule has 34 heavy (non-hydrogen) atoms. The Morgan fingerprint density at radius 1 is 1.12 bits per heavy atom. The number of aromatic hydroxyl groups is 2. The molecule has 2 atom stereocenters. The van der Waals surface area contributed by atoms with Gasteiger partial charge in [0.15, 0.2) is 23.0 Å². The Bertz CT molecular complexity index is 1130. The SMILES string of the molecule is CC(C)c1nnc2c(NCc3ccc(Cl)c(O)c3O)nc(NC3CCCCC3N)n(C(C)C)c1-2. The van der Waals surface area contributed by atoms with E-state index in [9.17, 15) is 10.2 Å². The van der Waals surface area contributed by atoms with Crippen molar-refractivity contribution in [1.29, 1.82) is 0 Å². The molecular formula is C24H34ClN7O2. The monoisotopic (exact) mass is 487 g/mol. The Morgan fingerprint density at radius 2 is 1.85 bits per heavy atom. The first-order valence-corrected chi connectivity index (χ1v) is 12.3. The average molecular weight is 488 g/mol. The lowest BCUT2D eigenvalue weighted by molar-refractivity contribution is 0.399. The molecule has 1 aromatic rings. The van der Waals surface area contributed by atoms with Gasteiger partial charge in [0.25, 0.3) is 0 Å². The van der Waals surface area contributed by atoms with Gasteiger partial charge in [0.05, 0.1) is 16.4 Å². The number of phenolic OH excluding ortho intramolecular Hbond substituents is 2. The van der Waals surface area contributed by atoms with Crippen molar-refractivity contribution in [3.05, 3.63) is 28.4 Å². The summed E-state index contributed by atoms with van der Waals surface area (Å²) in [5.74, 6) is 0.840. The number of anilines is 2. The second kappa shape index (κ2) is 9.84. The molecule has 4 rings (SSSR count). The van der Waals surface area contributed by atoms with Gasteiger partial charge in [0, 0.05) is 30.2 Å². The van der Waals surface area contributed by atoms with Crippen LogP contribution in [0.5, 0.6) is 11.5 Å². The zero-order valence-electron chi connectivity index (χ0n) is 20.1. The number of fused-ring (bicyclic) bond motifs is 1. The maximum atomic E-state index is 10.3. The second-order valence-electron chi connectivity index (χ2n) is 9.64. The molecule has 0 saturated heterocycles. The van der Waals surface area contributed by atoms with E-state index in [2.05, 4.69) is 53.1 Å². The smallest absolute Gasteiger partial charge is 0.205 e. The van der Waals surface area contributed by atoms with Crippen LogP contribution in [0.15, 0.2) is 12.1 Å². The molecule has 2 unspecified atom stereocenters. The molecule has 0 aromatic heterocycles. The molecule has 10 heteroatoms. The number of phenols is 2. The lowest BCUT2D eigenvalue weighted by Gasteiger charge is -2.32. The molecule has 1 fully saturated rings. The van der Waals surface area contributed by atoms with E-state index in [-0.39, 0.29) is 47.1 Å². The molecule has 1 aliphatic carbocycles. The molecule has 0 radical (unpaired) electrons. The normalized spacial score (nSPS) is 18.7.